The van der Waals surface area contributed by atoms with E-state index < -0.39 is 6.04 Å². The molecule has 0 radical (unpaired) electrons. The van der Waals surface area contributed by atoms with Crippen molar-refractivity contribution in [3.63, 3.8) is 0 Å². The number of aromatic hydroxyl groups is 1. The average Bonchev–Trinajstić information content (AvgIpc) is 3.27. The van der Waals surface area contributed by atoms with Crippen molar-refractivity contribution in [2.75, 3.05) is 11.9 Å². The van der Waals surface area contributed by atoms with Crippen LogP contribution in [0.15, 0.2) is 60.1 Å². The predicted molar refractivity (Wildman–Crippen MR) is 126 cm³/mol. The van der Waals surface area contributed by atoms with Gasteiger partial charge in [0.25, 0.3) is 0 Å². The minimum Gasteiger partial charge on any atom is -0.504 e. The average molecular weight is 445 g/mol. The molecule has 0 saturated carbocycles. The molecule has 0 unspecified atom stereocenters. The second kappa shape index (κ2) is 8.39. The molecule has 2 heterocycles. The van der Waals surface area contributed by atoms with E-state index in [9.17, 15) is 9.90 Å². The Hall–Kier alpha value is -3.61. The number of hydrogen-bond acceptors (Lipinski definition) is 6. The summed E-state index contributed by atoms with van der Waals surface area (Å²) < 4.78 is 7.32. The molecule has 3 aromatic rings. The normalized spacial score (nSPS) is 19.8. The van der Waals surface area contributed by atoms with Crippen LogP contribution in [0.4, 0.5) is 5.95 Å². The maximum atomic E-state index is 13.5. The Labute approximate surface area is 193 Å². The van der Waals surface area contributed by atoms with Crippen LogP contribution < -0.4 is 10.1 Å². The van der Waals surface area contributed by atoms with Gasteiger partial charge in [-0.3, -0.25) is 4.79 Å². The minimum absolute atomic E-state index is 0.0717. The lowest BCUT2D eigenvalue weighted by Crippen LogP contribution is -2.33. The summed E-state index contributed by atoms with van der Waals surface area (Å²) in [5.41, 5.74) is 4.89. The highest BCUT2D eigenvalue weighted by Gasteiger charge is 2.39. The summed E-state index contributed by atoms with van der Waals surface area (Å²) in [5, 5.41) is 17.9. The second-order valence-electron chi connectivity index (χ2n) is 8.96. The van der Waals surface area contributed by atoms with Gasteiger partial charge in [-0.1, -0.05) is 44.2 Å². The predicted octanol–water partition coefficient (Wildman–Crippen LogP) is 4.92. The van der Waals surface area contributed by atoms with Crippen LogP contribution in [0.3, 0.4) is 0 Å². The number of hydrogen-bond donors (Lipinski definition) is 2. The molecular formula is C26H28N4O3. The molecule has 0 saturated heterocycles. The zero-order valence-corrected chi connectivity index (χ0v) is 19.1. The fourth-order valence-corrected chi connectivity index (χ4v) is 4.82. The van der Waals surface area contributed by atoms with Crippen molar-refractivity contribution in [2.45, 2.75) is 51.5 Å². The van der Waals surface area contributed by atoms with Gasteiger partial charge in [0.15, 0.2) is 17.3 Å². The van der Waals surface area contributed by atoms with E-state index in [-0.39, 0.29) is 17.5 Å². The summed E-state index contributed by atoms with van der Waals surface area (Å²) in [5.74, 6) is 1.75. The van der Waals surface area contributed by atoms with Gasteiger partial charge < -0.3 is 15.2 Å². The maximum Gasteiger partial charge on any atom is 0.226 e. The summed E-state index contributed by atoms with van der Waals surface area (Å²) >= 11 is 0. The Kier molecular flexibility index (Phi) is 5.40. The lowest BCUT2D eigenvalue weighted by molar-refractivity contribution is -0.116. The van der Waals surface area contributed by atoms with E-state index in [1.54, 1.807) is 16.8 Å². The third kappa shape index (κ3) is 3.77. The third-order valence-corrected chi connectivity index (χ3v) is 6.54. The van der Waals surface area contributed by atoms with E-state index in [1.165, 1.54) is 17.5 Å². The van der Waals surface area contributed by atoms with Gasteiger partial charge >= 0.3 is 0 Å². The SMILES string of the molecule is CCOc1cc([C@H]2C3=C(C[C@@H](c4ccc(C(C)C)cc4)CC3=O)Nc3ncnn32)ccc1O. The standard InChI is InChI=1S/C26H28N4O3/c1-4-33-23-13-18(9-10-21(23)31)25-24-20(29-26-27-14-28-30(25)26)11-19(12-22(24)32)17-7-5-16(6-8-17)15(2)3/h5-10,13-15,19,25,31H,4,11-12H2,1-3H3,(H,27,28,29)/t19-,25+/m1/s1. The first-order valence-electron chi connectivity index (χ1n) is 11.4. The number of allylic oxidation sites excluding steroid dienone is 2. The number of aromatic nitrogens is 3. The van der Waals surface area contributed by atoms with Gasteiger partial charge in [-0.25, -0.2) is 4.68 Å². The van der Waals surface area contributed by atoms with Crippen molar-refractivity contribution in [1.29, 1.82) is 0 Å². The first-order valence-corrected chi connectivity index (χ1v) is 11.4. The van der Waals surface area contributed by atoms with E-state index in [0.29, 0.717) is 36.2 Å². The van der Waals surface area contributed by atoms with Crippen LogP contribution in [0.1, 0.15) is 68.2 Å². The van der Waals surface area contributed by atoms with E-state index >= 15 is 0 Å². The number of Topliss-reactive ketones (excluding diaryl/α,β-unsaturated/α-hetero) is 1. The minimum atomic E-state index is -0.421. The zero-order valence-electron chi connectivity index (χ0n) is 19.1. The second-order valence-corrected chi connectivity index (χ2v) is 8.96. The molecule has 2 N–H and O–H groups in total. The summed E-state index contributed by atoms with van der Waals surface area (Å²) in [7, 11) is 0. The van der Waals surface area contributed by atoms with Crippen LogP contribution >= 0.6 is 0 Å². The first kappa shape index (κ1) is 21.2. The fourth-order valence-electron chi connectivity index (χ4n) is 4.82. The third-order valence-electron chi connectivity index (χ3n) is 6.54. The van der Waals surface area contributed by atoms with Crippen LogP contribution in [0.5, 0.6) is 11.5 Å². The van der Waals surface area contributed by atoms with Crippen LogP contribution in [0, 0.1) is 0 Å². The van der Waals surface area contributed by atoms with Crippen molar-refractivity contribution < 1.29 is 14.6 Å². The number of ether oxygens (including phenoxy) is 1. The van der Waals surface area contributed by atoms with Crippen LogP contribution in [-0.2, 0) is 4.79 Å². The molecule has 1 aliphatic heterocycles. The number of nitrogens with one attached hydrogen (secondary N) is 1. The monoisotopic (exact) mass is 444 g/mol. The van der Waals surface area contributed by atoms with Crippen LogP contribution in [-0.4, -0.2) is 32.3 Å². The molecule has 7 heteroatoms. The maximum absolute atomic E-state index is 13.5. The Morgan fingerprint density at radius 3 is 2.64 bits per heavy atom. The number of phenolic OH excluding ortho intramolecular Hbond substituents is 1. The van der Waals surface area contributed by atoms with Gasteiger partial charge in [0.1, 0.15) is 12.4 Å². The highest BCUT2D eigenvalue weighted by Crippen LogP contribution is 2.45. The molecule has 7 nitrogen and oxygen atoms in total. The molecular weight excluding hydrogens is 416 g/mol. The molecule has 1 aliphatic carbocycles. The Balaban J connectivity index is 1.54. The number of carbonyl (C=O) groups excluding carboxylic acids is 1. The summed E-state index contributed by atoms with van der Waals surface area (Å²) in [6.07, 6.45) is 2.66. The van der Waals surface area contributed by atoms with Gasteiger partial charge in [0, 0.05) is 17.7 Å². The summed E-state index contributed by atoms with van der Waals surface area (Å²) in [4.78, 5) is 17.9. The zero-order chi connectivity index (χ0) is 23.1. The van der Waals surface area contributed by atoms with Crippen molar-refractivity contribution >= 4 is 11.7 Å². The van der Waals surface area contributed by atoms with Gasteiger partial charge in [-0.15, -0.1) is 0 Å². The van der Waals surface area contributed by atoms with Gasteiger partial charge in [-0.05, 0) is 54.0 Å². The molecule has 5 rings (SSSR count). The number of rotatable bonds is 5. The molecule has 2 atom stereocenters. The Bertz CT molecular complexity index is 1230. The molecule has 0 spiro atoms. The molecule has 0 fully saturated rings. The molecule has 2 aliphatic rings. The number of fused-ring (bicyclic) bond motifs is 1. The number of phenols is 1. The number of benzene rings is 2. The number of anilines is 1. The molecule has 2 aromatic carbocycles. The molecule has 0 bridgehead atoms. The smallest absolute Gasteiger partial charge is 0.226 e. The molecule has 0 amide bonds. The van der Waals surface area contributed by atoms with E-state index in [1.807, 2.05) is 13.0 Å². The van der Waals surface area contributed by atoms with Crippen molar-refractivity contribution in [1.82, 2.24) is 14.8 Å². The van der Waals surface area contributed by atoms with Crippen LogP contribution in [0.2, 0.25) is 0 Å². The number of ketones is 1. The summed E-state index contributed by atoms with van der Waals surface area (Å²) in [6, 6.07) is 13.4. The lowest BCUT2D eigenvalue weighted by Gasteiger charge is -2.35. The van der Waals surface area contributed by atoms with Crippen molar-refractivity contribution in [2.24, 2.45) is 0 Å². The Morgan fingerprint density at radius 2 is 1.91 bits per heavy atom. The first-order chi connectivity index (χ1) is 16.0. The number of carbonyl (C=O) groups is 1. The van der Waals surface area contributed by atoms with Gasteiger partial charge in [0.05, 0.1) is 6.61 Å². The van der Waals surface area contributed by atoms with E-state index in [2.05, 4.69) is 53.5 Å². The summed E-state index contributed by atoms with van der Waals surface area (Å²) in [6.45, 7) is 6.66. The van der Waals surface area contributed by atoms with Crippen molar-refractivity contribution in [3.05, 3.63) is 76.8 Å². The van der Waals surface area contributed by atoms with E-state index in [0.717, 1.165) is 17.7 Å². The highest BCUT2D eigenvalue weighted by molar-refractivity contribution is 6.00. The topological polar surface area (TPSA) is 89.3 Å². The van der Waals surface area contributed by atoms with Gasteiger partial charge in [0.2, 0.25) is 5.95 Å². The van der Waals surface area contributed by atoms with Crippen molar-refractivity contribution in [3.8, 4) is 11.5 Å². The number of nitrogens with zero attached hydrogens (tertiary/aromatic N) is 3. The highest BCUT2D eigenvalue weighted by atomic mass is 16.5. The molecule has 1 aromatic heterocycles. The quantitative estimate of drug-likeness (QED) is 0.581. The molecule has 170 valence electrons. The van der Waals surface area contributed by atoms with E-state index in [4.69, 9.17) is 4.74 Å². The lowest BCUT2D eigenvalue weighted by atomic mass is 9.77. The Morgan fingerprint density at radius 1 is 1.15 bits per heavy atom. The van der Waals surface area contributed by atoms with Crippen LogP contribution in [0.25, 0.3) is 0 Å². The molecule has 33 heavy (non-hydrogen) atoms. The van der Waals surface area contributed by atoms with Gasteiger partial charge in [-0.2, -0.15) is 10.1 Å². The largest absolute Gasteiger partial charge is 0.504 e. The fraction of sp³-hybridized carbons (Fsp3) is 0.346.